The van der Waals surface area contributed by atoms with E-state index < -0.39 is 24.4 Å². The number of benzene rings is 2. The van der Waals surface area contributed by atoms with Gasteiger partial charge in [0.1, 0.15) is 0 Å². The maximum Gasteiger partial charge on any atom is 0.306 e. The maximum atomic E-state index is 12.1. The van der Waals surface area contributed by atoms with Crippen molar-refractivity contribution in [2.24, 2.45) is 17.8 Å². The number of fused-ring (bicyclic) bond motifs is 1. The van der Waals surface area contributed by atoms with Crippen molar-refractivity contribution in [3.63, 3.8) is 0 Å². The van der Waals surface area contributed by atoms with Crippen LogP contribution in [-0.2, 0) is 32.2 Å². The number of hydrogen-bond acceptors (Lipinski definition) is 7. The van der Waals surface area contributed by atoms with E-state index in [1.807, 2.05) is 67.6 Å². The molecule has 0 bridgehead atoms. The Labute approximate surface area is 231 Å². The Bertz CT molecular complexity index is 1080. The van der Waals surface area contributed by atoms with Crippen LogP contribution in [0.4, 0.5) is 0 Å². The molecular weight excluding hydrogens is 496 g/mol. The van der Waals surface area contributed by atoms with E-state index in [9.17, 15) is 20.1 Å². The first-order valence-electron chi connectivity index (χ1n) is 14.1. The van der Waals surface area contributed by atoms with Crippen LogP contribution >= 0.6 is 0 Å². The zero-order valence-corrected chi connectivity index (χ0v) is 23.1. The first-order valence-corrected chi connectivity index (χ1v) is 14.1. The van der Waals surface area contributed by atoms with Crippen molar-refractivity contribution in [1.82, 2.24) is 0 Å². The summed E-state index contributed by atoms with van der Waals surface area (Å²) in [6.45, 7) is 6.47. The largest absolute Gasteiger partial charge is 0.466 e. The van der Waals surface area contributed by atoms with Crippen molar-refractivity contribution < 1.29 is 34.3 Å². The first-order chi connectivity index (χ1) is 18.8. The molecule has 2 aromatic carbocycles. The Kier molecular flexibility index (Phi) is 10.3. The van der Waals surface area contributed by atoms with Gasteiger partial charge in [-0.1, -0.05) is 67.6 Å². The summed E-state index contributed by atoms with van der Waals surface area (Å²) in [5, 5.41) is 33.9. The molecule has 0 heterocycles. The lowest BCUT2D eigenvalue weighted by Gasteiger charge is -2.53. The highest BCUT2D eigenvalue weighted by Gasteiger charge is 2.54. The molecule has 2 aliphatic rings. The van der Waals surface area contributed by atoms with Crippen LogP contribution in [0.2, 0.25) is 0 Å². The van der Waals surface area contributed by atoms with E-state index in [1.54, 1.807) is 13.8 Å². The fourth-order valence-corrected chi connectivity index (χ4v) is 6.39. The van der Waals surface area contributed by atoms with Crippen molar-refractivity contribution in [2.45, 2.75) is 83.8 Å². The van der Waals surface area contributed by atoms with E-state index in [0.29, 0.717) is 30.8 Å². The van der Waals surface area contributed by atoms with Gasteiger partial charge in [0, 0.05) is 18.3 Å². The van der Waals surface area contributed by atoms with Crippen LogP contribution in [0, 0.1) is 17.8 Å². The minimum absolute atomic E-state index is 0.115. The summed E-state index contributed by atoms with van der Waals surface area (Å²) in [6, 6.07) is 19.7. The minimum Gasteiger partial charge on any atom is -0.466 e. The molecule has 7 nitrogen and oxygen atoms in total. The maximum absolute atomic E-state index is 12.1. The van der Waals surface area contributed by atoms with Gasteiger partial charge in [0.15, 0.2) is 0 Å². The zero-order chi connectivity index (χ0) is 27.9. The van der Waals surface area contributed by atoms with Gasteiger partial charge in [-0.15, -0.1) is 0 Å². The van der Waals surface area contributed by atoms with Gasteiger partial charge in [-0.05, 0) is 54.9 Å². The first kappa shape index (κ1) is 29.4. The lowest BCUT2D eigenvalue weighted by molar-refractivity contribution is -0.193. The molecule has 2 aromatic rings. The smallest absolute Gasteiger partial charge is 0.306 e. The highest BCUT2D eigenvalue weighted by molar-refractivity contribution is 5.69. The van der Waals surface area contributed by atoms with Gasteiger partial charge in [-0.25, -0.2) is 0 Å². The van der Waals surface area contributed by atoms with Crippen LogP contribution in [0.3, 0.4) is 0 Å². The average molecular weight is 539 g/mol. The average Bonchev–Trinajstić information content (AvgIpc) is 2.93. The van der Waals surface area contributed by atoms with E-state index in [2.05, 4.69) is 0 Å². The summed E-state index contributed by atoms with van der Waals surface area (Å²) in [4.78, 5) is 12.1. The molecule has 1 fully saturated rings. The van der Waals surface area contributed by atoms with Gasteiger partial charge in [-0.3, -0.25) is 4.79 Å². The number of aliphatic hydroxyl groups excluding tert-OH is 3. The Hall–Kier alpha value is -2.55. The van der Waals surface area contributed by atoms with Crippen LogP contribution < -0.4 is 0 Å². The van der Waals surface area contributed by atoms with Crippen molar-refractivity contribution in [3.8, 4) is 0 Å². The number of esters is 1. The van der Waals surface area contributed by atoms with Crippen LogP contribution in [0.15, 0.2) is 71.8 Å². The summed E-state index contributed by atoms with van der Waals surface area (Å²) in [5.41, 5.74) is 3.34. The lowest BCUT2D eigenvalue weighted by Crippen LogP contribution is -2.59. The van der Waals surface area contributed by atoms with Gasteiger partial charge in [0.25, 0.3) is 0 Å². The predicted molar refractivity (Wildman–Crippen MR) is 147 cm³/mol. The van der Waals surface area contributed by atoms with E-state index in [4.69, 9.17) is 14.2 Å². The minimum atomic E-state index is -0.891. The molecule has 1 saturated carbocycles. The van der Waals surface area contributed by atoms with Crippen molar-refractivity contribution in [1.29, 1.82) is 0 Å². The second-order valence-corrected chi connectivity index (χ2v) is 10.8. The second kappa shape index (κ2) is 13.7. The molecule has 7 heteroatoms. The Morgan fingerprint density at radius 3 is 2.05 bits per heavy atom. The van der Waals surface area contributed by atoms with Crippen LogP contribution in [0.5, 0.6) is 0 Å². The van der Waals surface area contributed by atoms with E-state index in [-0.39, 0.29) is 49.3 Å². The molecular formula is C32H42O7. The fourth-order valence-electron chi connectivity index (χ4n) is 6.39. The second-order valence-electron chi connectivity index (χ2n) is 10.8. The molecule has 212 valence electrons. The number of aliphatic hydroxyl groups is 3. The summed E-state index contributed by atoms with van der Waals surface area (Å²) in [5.74, 6) is -1.26. The van der Waals surface area contributed by atoms with Gasteiger partial charge < -0.3 is 29.5 Å². The molecule has 0 saturated heterocycles. The zero-order valence-electron chi connectivity index (χ0n) is 23.1. The van der Waals surface area contributed by atoms with Crippen LogP contribution in [-0.4, -0.2) is 58.4 Å². The quantitative estimate of drug-likeness (QED) is 0.291. The van der Waals surface area contributed by atoms with Gasteiger partial charge in [-0.2, -0.15) is 0 Å². The molecule has 0 radical (unpaired) electrons. The van der Waals surface area contributed by atoms with Crippen molar-refractivity contribution in [2.75, 3.05) is 6.61 Å². The normalized spacial score (nSPS) is 29.5. The fraction of sp³-hybridized carbons (Fsp3) is 0.531. The van der Waals surface area contributed by atoms with Gasteiger partial charge in [0.05, 0.1) is 50.3 Å². The SMILES string of the molecule is CCOC(=O)CCC1=C([C@@H](C)O)[C@H]2[C@@H](C[C@@H]1O)[C@@H](O)[C@H](OCc1ccccc1)[C@H](C)[C@H]2OCc1ccccc1. The summed E-state index contributed by atoms with van der Waals surface area (Å²) in [6.07, 6.45) is -2.84. The molecule has 39 heavy (non-hydrogen) atoms. The Balaban J connectivity index is 1.66. The van der Waals surface area contributed by atoms with Crippen LogP contribution in [0.25, 0.3) is 0 Å². The topological polar surface area (TPSA) is 105 Å². The number of carbonyl (C=O) groups is 1. The lowest BCUT2D eigenvalue weighted by atomic mass is 9.59. The standard InChI is InChI=1S/C32H42O7/c1-4-37-27(35)16-15-24-26(34)17-25-29(28(24)21(3)33)31(38-18-22-11-7-5-8-12-22)20(2)32(30(25)36)39-19-23-13-9-6-10-14-23/h5-14,20-21,25-26,29-34,36H,4,15-19H2,1-3H3/t20-,21-,25-,26+,29-,30-,31-,32-/m1/s1. The highest BCUT2D eigenvalue weighted by atomic mass is 16.5. The summed E-state index contributed by atoms with van der Waals surface area (Å²) in [7, 11) is 0. The van der Waals surface area contributed by atoms with Gasteiger partial charge in [0.2, 0.25) is 0 Å². The molecule has 4 rings (SSSR count). The van der Waals surface area contributed by atoms with Crippen LogP contribution in [0.1, 0.15) is 51.2 Å². The van der Waals surface area contributed by atoms with E-state index in [0.717, 1.165) is 11.1 Å². The molecule has 0 amide bonds. The highest BCUT2D eigenvalue weighted by Crippen LogP contribution is 2.50. The third-order valence-corrected chi connectivity index (χ3v) is 8.18. The Morgan fingerprint density at radius 1 is 0.949 bits per heavy atom. The number of carbonyl (C=O) groups excluding carboxylic acids is 1. The number of ether oxygens (including phenoxy) is 3. The molecule has 0 aliphatic heterocycles. The predicted octanol–water partition coefficient (Wildman–Crippen LogP) is 4.19. The monoisotopic (exact) mass is 538 g/mol. The molecule has 3 N–H and O–H groups in total. The summed E-state index contributed by atoms with van der Waals surface area (Å²) < 4.78 is 18.0. The number of hydrogen-bond donors (Lipinski definition) is 3. The van der Waals surface area contributed by atoms with E-state index in [1.165, 1.54) is 0 Å². The van der Waals surface area contributed by atoms with Crippen molar-refractivity contribution >= 4 is 5.97 Å². The third-order valence-electron chi connectivity index (χ3n) is 8.18. The molecule has 0 unspecified atom stereocenters. The molecule has 0 spiro atoms. The Morgan fingerprint density at radius 2 is 1.51 bits per heavy atom. The summed E-state index contributed by atoms with van der Waals surface area (Å²) >= 11 is 0. The molecule has 2 aliphatic carbocycles. The molecule has 0 aromatic heterocycles. The van der Waals surface area contributed by atoms with E-state index >= 15 is 0 Å². The molecule has 8 atom stereocenters. The van der Waals surface area contributed by atoms with Crippen molar-refractivity contribution in [3.05, 3.63) is 82.9 Å². The van der Waals surface area contributed by atoms with Gasteiger partial charge >= 0.3 is 5.97 Å². The number of rotatable bonds is 11. The third kappa shape index (κ3) is 6.97.